The Bertz CT molecular complexity index is 857. The van der Waals surface area contributed by atoms with Gasteiger partial charge in [-0.3, -0.25) is 4.79 Å². The number of aromatic hydroxyl groups is 1. The van der Waals surface area contributed by atoms with Crippen molar-refractivity contribution in [3.63, 3.8) is 0 Å². The van der Waals surface area contributed by atoms with Crippen LogP contribution in [0.3, 0.4) is 0 Å². The molecule has 0 spiro atoms. The molecule has 0 unspecified atom stereocenters. The average Bonchev–Trinajstić information content (AvgIpc) is 2.57. The topological polar surface area (TPSA) is 82.3 Å². The largest absolute Gasteiger partial charge is 0.504 e. The second-order valence-electron chi connectivity index (χ2n) is 4.68. The van der Waals surface area contributed by atoms with Crippen molar-refractivity contribution in [2.45, 2.75) is 0 Å². The van der Waals surface area contributed by atoms with Crippen LogP contribution in [0.5, 0.6) is 11.5 Å². The highest BCUT2D eigenvalue weighted by molar-refractivity contribution is 6.36. The van der Waals surface area contributed by atoms with Gasteiger partial charge in [-0.1, -0.05) is 29.3 Å². The molecule has 0 saturated carbocycles. The van der Waals surface area contributed by atoms with Crippen molar-refractivity contribution in [1.82, 2.24) is 0 Å². The third-order valence-electron chi connectivity index (χ3n) is 3.06. The van der Waals surface area contributed by atoms with E-state index in [4.69, 9.17) is 27.9 Å². The van der Waals surface area contributed by atoms with Gasteiger partial charge in [0.25, 0.3) is 5.91 Å². The van der Waals surface area contributed by atoms with Crippen molar-refractivity contribution in [2.75, 3.05) is 12.4 Å². The fourth-order valence-corrected chi connectivity index (χ4v) is 2.22. The molecule has 7 heteroatoms. The van der Waals surface area contributed by atoms with Crippen LogP contribution in [0.15, 0.2) is 42.0 Å². The van der Waals surface area contributed by atoms with Crippen LogP contribution in [0, 0.1) is 11.3 Å². The number of methoxy groups -OCH3 is 1. The summed E-state index contributed by atoms with van der Waals surface area (Å²) < 4.78 is 4.99. The Morgan fingerprint density at radius 3 is 2.71 bits per heavy atom. The van der Waals surface area contributed by atoms with Crippen molar-refractivity contribution in [1.29, 1.82) is 5.26 Å². The van der Waals surface area contributed by atoms with Crippen LogP contribution in [-0.2, 0) is 4.79 Å². The second-order valence-corrected chi connectivity index (χ2v) is 5.52. The van der Waals surface area contributed by atoms with E-state index in [2.05, 4.69) is 5.32 Å². The number of ether oxygens (including phenoxy) is 1. The Hall–Kier alpha value is -2.68. The number of nitrogens with one attached hydrogen (secondary N) is 1. The number of hydrogen-bond donors (Lipinski definition) is 2. The monoisotopic (exact) mass is 362 g/mol. The number of phenols is 1. The van der Waals surface area contributed by atoms with Gasteiger partial charge in [0.1, 0.15) is 11.6 Å². The molecule has 2 rings (SSSR count). The third kappa shape index (κ3) is 4.19. The van der Waals surface area contributed by atoms with Crippen LogP contribution in [-0.4, -0.2) is 18.1 Å². The molecule has 5 nitrogen and oxygen atoms in total. The van der Waals surface area contributed by atoms with Crippen LogP contribution in [0.2, 0.25) is 10.0 Å². The van der Waals surface area contributed by atoms with Crippen LogP contribution in [0.1, 0.15) is 5.56 Å². The number of rotatable bonds is 4. The first-order valence-corrected chi connectivity index (χ1v) is 7.45. The van der Waals surface area contributed by atoms with E-state index in [0.717, 1.165) is 0 Å². The van der Waals surface area contributed by atoms with Gasteiger partial charge in [0.15, 0.2) is 11.5 Å². The van der Waals surface area contributed by atoms with E-state index in [1.807, 2.05) is 6.07 Å². The molecule has 0 fully saturated rings. The SMILES string of the molecule is COc1cc(C=C(C#N)C(=O)Nc2cc(Cl)ccc2Cl)ccc1O. The number of hydrogen-bond acceptors (Lipinski definition) is 4. The zero-order valence-corrected chi connectivity index (χ0v) is 14.0. The smallest absolute Gasteiger partial charge is 0.266 e. The summed E-state index contributed by atoms with van der Waals surface area (Å²) >= 11 is 11.8. The Labute approximate surface area is 148 Å². The number of halogens is 2. The van der Waals surface area contributed by atoms with Gasteiger partial charge in [-0.2, -0.15) is 5.26 Å². The Kier molecular flexibility index (Phi) is 5.69. The zero-order chi connectivity index (χ0) is 17.7. The molecule has 0 heterocycles. The van der Waals surface area contributed by atoms with Crippen molar-refractivity contribution >= 4 is 40.9 Å². The molecule has 0 atom stereocenters. The summed E-state index contributed by atoms with van der Waals surface area (Å²) in [6.07, 6.45) is 1.37. The van der Waals surface area contributed by atoms with E-state index in [-0.39, 0.29) is 17.1 Å². The summed E-state index contributed by atoms with van der Waals surface area (Å²) in [5.74, 6) is -0.434. The van der Waals surface area contributed by atoms with Crippen LogP contribution in [0.4, 0.5) is 5.69 Å². The van der Waals surface area contributed by atoms with E-state index in [1.54, 1.807) is 18.2 Å². The molecule has 0 aliphatic carbocycles. The minimum atomic E-state index is -0.631. The highest BCUT2D eigenvalue weighted by Gasteiger charge is 2.12. The summed E-state index contributed by atoms with van der Waals surface area (Å²) in [4.78, 5) is 12.2. The summed E-state index contributed by atoms with van der Waals surface area (Å²) in [7, 11) is 1.40. The van der Waals surface area contributed by atoms with E-state index in [1.165, 1.54) is 31.4 Å². The van der Waals surface area contributed by atoms with Gasteiger partial charge in [-0.15, -0.1) is 0 Å². The Morgan fingerprint density at radius 2 is 2.04 bits per heavy atom. The lowest BCUT2D eigenvalue weighted by Gasteiger charge is -2.07. The molecular weight excluding hydrogens is 351 g/mol. The van der Waals surface area contributed by atoms with E-state index >= 15 is 0 Å². The van der Waals surface area contributed by atoms with Gasteiger partial charge in [0.2, 0.25) is 0 Å². The fourth-order valence-electron chi connectivity index (χ4n) is 1.88. The number of nitrogens with zero attached hydrogens (tertiary/aromatic N) is 1. The summed E-state index contributed by atoms with van der Waals surface area (Å²) in [6, 6.07) is 10.9. The lowest BCUT2D eigenvalue weighted by molar-refractivity contribution is -0.112. The lowest BCUT2D eigenvalue weighted by Crippen LogP contribution is -2.13. The minimum Gasteiger partial charge on any atom is -0.504 e. The number of carbonyl (C=O) groups is 1. The molecule has 2 aromatic carbocycles. The minimum absolute atomic E-state index is 0.0386. The molecular formula is C17H12Cl2N2O3. The molecule has 1 amide bonds. The fraction of sp³-hybridized carbons (Fsp3) is 0.0588. The highest BCUT2D eigenvalue weighted by Crippen LogP contribution is 2.28. The standard InChI is InChI=1S/C17H12Cl2N2O3/c1-24-16-7-10(2-5-15(16)22)6-11(9-20)17(23)21-14-8-12(18)3-4-13(14)19/h2-8,22H,1H3,(H,21,23). The summed E-state index contributed by atoms with van der Waals surface area (Å²) in [5.41, 5.74) is 0.686. The summed E-state index contributed by atoms with van der Waals surface area (Å²) in [5, 5.41) is 22.0. The maximum atomic E-state index is 12.2. The van der Waals surface area contributed by atoms with Crippen LogP contribution < -0.4 is 10.1 Å². The first-order chi connectivity index (χ1) is 11.4. The first-order valence-electron chi connectivity index (χ1n) is 6.70. The van der Waals surface area contributed by atoms with Gasteiger partial charge in [0.05, 0.1) is 17.8 Å². The van der Waals surface area contributed by atoms with Gasteiger partial charge in [0, 0.05) is 5.02 Å². The van der Waals surface area contributed by atoms with Crippen molar-refractivity contribution < 1.29 is 14.6 Å². The molecule has 24 heavy (non-hydrogen) atoms. The number of anilines is 1. The number of nitriles is 1. The third-order valence-corrected chi connectivity index (χ3v) is 3.62. The van der Waals surface area contributed by atoms with Gasteiger partial charge in [-0.05, 0) is 42.0 Å². The predicted molar refractivity (Wildman–Crippen MR) is 93.3 cm³/mol. The second kappa shape index (κ2) is 7.73. The van der Waals surface area contributed by atoms with E-state index < -0.39 is 5.91 Å². The zero-order valence-electron chi connectivity index (χ0n) is 12.5. The maximum absolute atomic E-state index is 12.2. The Balaban J connectivity index is 2.29. The van der Waals surface area contributed by atoms with Crippen LogP contribution >= 0.6 is 23.2 Å². The molecule has 0 aromatic heterocycles. The number of benzene rings is 2. The average molecular weight is 363 g/mol. The van der Waals surface area contributed by atoms with Crippen molar-refractivity contribution in [3.8, 4) is 17.6 Å². The molecule has 0 saturated heterocycles. The van der Waals surface area contributed by atoms with Gasteiger partial charge < -0.3 is 15.2 Å². The van der Waals surface area contributed by atoms with E-state index in [9.17, 15) is 15.2 Å². The van der Waals surface area contributed by atoms with Gasteiger partial charge in [-0.25, -0.2) is 0 Å². The highest BCUT2D eigenvalue weighted by atomic mass is 35.5. The Morgan fingerprint density at radius 1 is 1.29 bits per heavy atom. The van der Waals surface area contributed by atoms with Crippen molar-refractivity contribution in [2.24, 2.45) is 0 Å². The number of amides is 1. The molecule has 0 radical (unpaired) electrons. The quantitative estimate of drug-likeness (QED) is 0.628. The van der Waals surface area contributed by atoms with Crippen molar-refractivity contribution in [3.05, 3.63) is 57.6 Å². The molecule has 0 bridgehead atoms. The first kappa shape index (κ1) is 17.7. The summed E-state index contributed by atoms with van der Waals surface area (Å²) in [6.45, 7) is 0. The molecule has 2 aromatic rings. The normalized spacial score (nSPS) is 10.8. The lowest BCUT2D eigenvalue weighted by atomic mass is 10.1. The molecule has 2 N–H and O–H groups in total. The maximum Gasteiger partial charge on any atom is 0.266 e. The molecule has 0 aliphatic heterocycles. The number of phenolic OH excluding ortho intramolecular Hbond substituents is 1. The predicted octanol–water partition coefficient (Wildman–Crippen LogP) is 4.25. The number of carbonyl (C=O) groups excluding carboxylic acids is 1. The van der Waals surface area contributed by atoms with Crippen LogP contribution in [0.25, 0.3) is 6.08 Å². The molecule has 0 aliphatic rings. The molecule has 122 valence electrons. The van der Waals surface area contributed by atoms with Gasteiger partial charge >= 0.3 is 0 Å². The van der Waals surface area contributed by atoms with E-state index in [0.29, 0.717) is 21.3 Å².